The van der Waals surface area contributed by atoms with Gasteiger partial charge >= 0.3 is 0 Å². The van der Waals surface area contributed by atoms with Crippen LogP contribution < -0.4 is 5.73 Å². The Bertz CT molecular complexity index is 396. The van der Waals surface area contributed by atoms with Gasteiger partial charge in [-0.05, 0) is 56.3 Å². The van der Waals surface area contributed by atoms with Crippen molar-refractivity contribution in [1.82, 2.24) is 4.90 Å². The first-order valence-electron chi connectivity index (χ1n) is 8.88. The third kappa shape index (κ3) is 2.61. The number of rotatable bonds is 2. The van der Waals surface area contributed by atoms with E-state index in [-0.39, 0.29) is 5.92 Å². The van der Waals surface area contributed by atoms with E-state index in [2.05, 4.69) is 4.90 Å². The molecule has 2 N–H and O–H groups in total. The number of hydrogen-bond donors (Lipinski definition) is 1. The summed E-state index contributed by atoms with van der Waals surface area (Å²) in [6.07, 6.45) is 8.40. The normalized spacial score (nSPS) is 43.7. The fourth-order valence-electron chi connectivity index (χ4n) is 4.99. The molecule has 4 heteroatoms. The number of carbonyl (C=O) groups is 1. The SMILES string of the molecule is NC1C2CCCC1CC(C(=O)N1CCOCC1C1CC1)C2. The fraction of sp³-hybridized carbons (Fsp3) is 0.941. The first kappa shape index (κ1) is 14.0. The van der Waals surface area contributed by atoms with E-state index in [9.17, 15) is 4.79 Å². The number of hydrogen-bond acceptors (Lipinski definition) is 3. The second kappa shape index (κ2) is 5.54. The van der Waals surface area contributed by atoms with Crippen molar-refractivity contribution in [1.29, 1.82) is 0 Å². The Morgan fingerprint density at radius 2 is 1.76 bits per heavy atom. The zero-order chi connectivity index (χ0) is 14.4. The van der Waals surface area contributed by atoms with E-state index in [0.29, 0.717) is 42.4 Å². The summed E-state index contributed by atoms with van der Waals surface area (Å²) in [5.41, 5.74) is 6.37. The van der Waals surface area contributed by atoms with Gasteiger partial charge in [0.05, 0.1) is 19.3 Å². The first-order chi connectivity index (χ1) is 10.2. The Morgan fingerprint density at radius 3 is 2.43 bits per heavy atom. The molecule has 0 spiro atoms. The number of morpholine rings is 1. The van der Waals surface area contributed by atoms with Crippen molar-refractivity contribution in [2.45, 2.75) is 57.0 Å². The van der Waals surface area contributed by atoms with Gasteiger partial charge in [-0.3, -0.25) is 4.79 Å². The average Bonchev–Trinajstić information content (AvgIpc) is 3.31. The molecule has 4 aliphatic rings. The molecule has 118 valence electrons. The number of carbonyl (C=O) groups excluding carboxylic acids is 1. The van der Waals surface area contributed by atoms with Crippen LogP contribution in [0.15, 0.2) is 0 Å². The largest absolute Gasteiger partial charge is 0.377 e. The lowest BCUT2D eigenvalue weighted by Crippen LogP contribution is -2.55. The Kier molecular flexibility index (Phi) is 3.70. The molecule has 3 saturated carbocycles. The van der Waals surface area contributed by atoms with Crippen LogP contribution in [0.3, 0.4) is 0 Å². The molecule has 4 fully saturated rings. The fourth-order valence-corrected chi connectivity index (χ4v) is 4.99. The van der Waals surface area contributed by atoms with E-state index in [1.54, 1.807) is 0 Å². The van der Waals surface area contributed by atoms with Crippen LogP contribution in [-0.2, 0) is 9.53 Å². The quantitative estimate of drug-likeness (QED) is 0.844. The Hall–Kier alpha value is -0.610. The minimum Gasteiger partial charge on any atom is -0.377 e. The van der Waals surface area contributed by atoms with Crippen molar-refractivity contribution in [3.8, 4) is 0 Å². The highest BCUT2D eigenvalue weighted by Crippen LogP contribution is 2.43. The summed E-state index contributed by atoms with van der Waals surface area (Å²) in [5.74, 6) is 2.54. The summed E-state index contributed by atoms with van der Waals surface area (Å²) in [6.45, 7) is 2.28. The van der Waals surface area contributed by atoms with Crippen molar-refractivity contribution in [3.63, 3.8) is 0 Å². The van der Waals surface area contributed by atoms with Gasteiger partial charge in [0.2, 0.25) is 5.91 Å². The lowest BCUT2D eigenvalue weighted by atomic mass is 9.65. The van der Waals surface area contributed by atoms with Crippen molar-refractivity contribution in [2.75, 3.05) is 19.8 Å². The lowest BCUT2D eigenvalue weighted by Gasteiger charge is -2.46. The Morgan fingerprint density at radius 1 is 1.05 bits per heavy atom. The van der Waals surface area contributed by atoms with Gasteiger partial charge in [0.25, 0.3) is 0 Å². The van der Waals surface area contributed by atoms with Gasteiger partial charge < -0.3 is 15.4 Å². The summed E-state index contributed by atoms with van der Waals surface area (Å²) >= 11 is 0. The van der Waals surface area contributed by atoms with Gasteiger partial charge in [0.15, 0.2) is 0 Å². The zero-order valence-electron chi connectivity index (χ0n) is 12.9. The van der Waals surface area contributed by atoms with Crippen LogP contribution in [0.1, 0.15) is 44.9 Å². The lowest BCUT2D eigenvalue weighted by molar-refractivity contribution is -0.148. The highest BCUT2D eigenvalue weighted by Gasteiger charge is 2.45. The zero-order valence-corrected chi connectivity index (χ0v) is 12.9. The van der Waals surface area contributed by atoms with E-state index in [1.807, 2.05) is 0 Å². The Balaban J connectivity index is 1.46. The summed E-state index contributed by atoms with van der Waals surface area (Å²) < 4.78 is 5.63. The van der Waals surface area contributed by atoms with Crippen LogP contribution in [0.4, 0.5) is 0 Å². The Labute approximate surface area is 127 Å². The smallest absolute Gasteiger partial charge is 0.226 e. The highest BCUT2D eigenvalue weighted by molar-refractivity contribution is 5.79. The van der Waals surface area contributed by atoms with Gasteiger partial charge in [-0.15, -0.1) is 0 Å². The third-order valence-corrected chi connectivity index (χ3v) is 6.38. The van der Waals surface area contributed by atoms with Gasteiger partial charge in [-0.2, -0.15) is 0 Å². The second-order valence-electron chi connectivity index (χ2n) is 7.71. The van der Waals surface area contributed by atoms with Crippen LogP contribution in [0.25, 0.3) is 0 Å². The standard InChI is InChI=1S/C17H28N2O2/c18-16-12-2-1-3-13(16)9-14(8-12)17(20)19-6-7-21-10-15(19)11-4-5-11/h11-16H,1-10,18H2. The van der Waals surface area contributed by atoms with Crippen molar-refractivity contribution >= 4 is 5.91 Å². The molecule has 0 radical (unpaired) electrons. The van der Waals surface area contributed by atoms with E-state index < -0.39 is 0 Å². The maximum atomic E-state index is 13.1. The molecule has 21 heavy (non-hydrogen) atoms. The predicted molar refractivity (Wildman–Crippen MR) is 80.6 cm³/mol. The maximum absolute atomic E-state index is 13.1. The van der Waals surface area contributed by atoms with Gasteiger partial charge in [-0.25, -0.2) is 0 Å². The van der Waals surface area contributed by atoms with E-state index in [0.717, 1.165) is 26.0 Å². The van der Waals surface area contributed by atoms with Crippen molar-refractivity contribution in [2.24, 2.45) is 29.4 Å². The molecule has 1 saturated heterocycles. The van der Waals surface area contributed by atoms with Crippen LogP contribution in [0, 0.1) is 23.7 Å². The third-order valence-electron chi connectivity index (χ3n) is 6.38. The van der Waals surface area contributed by atoms with Gasteiger partial charge in [0, 0.05) is 18.5 Å². The molecule has 0 aromatic carbocycles. The number of fused-ring (bicyclic) bond motifs is 2. The molecule has 1 aliphatic heterocycles. The first-order valence-corrected chi connectivity index (χ1v) is 8.88. The molecule has 0 aromatic heterocycles. The minimum absolute atomic E-state index is 0.236. The molecular weight excluding hydrogens is 264 g/mol. The average molecular weight is 292 g/mol. The maximum Gasteiger partial charge on any atom is 0.226 e. The monoisotopic (exact) mass is 292 g/mol. The molecular formula is C17H28N2O2. The molecule has 3 aliphatic carbocycles. The van der Waals surface area contributed by atoms with Gasteiger partial charge in [0.1, 0.15) is 0 Å². The summed E-state index contributed by atoms with van der Waals surface area (Å²) in [6, 6.07) is 0.716. The van der Waals surface area contributed by atoms with E-state index >= 15 is 0 Å². The number of nitrogens with two attached hydrogens (primary N) is 1. The molecule has 1 amide bonds. The molecule has 4 nitrogen and oxygen atoms in total. The summed E-state index contributed by atoms with van der Waals surface area (Å²) in [7, 11) is 0. The predicted octanol–water partition coefficient (Wildman–Crippen LogP) is 1.78. The second-order valence-corrected chi connectivity index (χ2v) is 7.71. The van der Waals surface area contributed by atoms with Crippen molar-refractivity contribution < 1.29 is 9.53 Å². The molecule has 4 rings (SSSR count). The van der Waals surface area contributed by atoms with Crippen LogP contribution >= 0.6 is 0 Å². The molecule has 1 heterocycles. The van der Waals surface area contributed by atoms with Crippen molar-refractivity contribution in [3.05, 3.63) is 0 Å². The minimum atomic E-state index is 0.236. The number of amides is 1. The number of ether oxygens (including phenoxy) is 1. The van der Waals surface area contributed by atoms with Crippen LogP contribution in [0.5, 0.6) is 0 Å². The molecule has 0 aromatic rings. The van der Waals surface area contributed by atoms with Gasteiger partial charge in [-0.1, -0.05) is 6.42 Å². The van der Waals surface area contributed by atoms with E-state index in [1.165, 1.54) is 32.1 Å². The summed E-state index contributed by atoms with van der Waals surface area (Å²) in [4.78, 5) is 15.2. The molecule has 3 unspecified atom stereocenters. The number of nitrogens with zero attached hydrogens (tertiary/aromatic N) is 1. The summed E-state index contributed by atoms with van der Waals surface area (Å²) in [5, 5.41) is 0. The van der Waals surface area contributed by atoms with Crippen LogP contribution in [0.2, 0.25) is 0 Å². The topological polar surface area (TPSA) is 55.6 Å². The van der Waals surface area contributed by atoms with Crippen LogP contribution in [-0.4, -0.2) is 42.6 Å². The van der Waals surface area contributed by atoms with E-state index in [4.69, 9.17) is 10.5 Å². The molecule has 3 atom stereocenters. The highest BCUT2D eigenvalue weighted by atomic mass is 16.5. The molecule has 2 bridgehead atoms.